The van der Waals surface area contributed by atoms with Crippen molar-refractivity contribution in [2.24, 2.45) is 11.8 Å². The van der Waals surface area contributed by atoms with E-state index >= 15 is 0 Å². The Morgan fingerprint density at radius 1 is 1.13 bits per heavy atom. The van der Waals surface area contributed by atoms with Gasteiger partial charge in [0.05, 0.1) is 5.75 Å². The number of carbonyl (C=O) groups excluding carboxylic acids is 1. The largest absolute Gasteiger partial charge is 0.455 e. The van der Waals surface area contributed by atoms with Crippen LogP contribution in [0.2, 0.25) is 0 Å². The fraction of sp³-hybridized carbons (Fsp3) is 0.571. The Kier molecular flexibility index (Phi) is 5.28. The summed E-state index contributed by atoms with van der Waals surface area (Å²) in [6, 6.07) is 8.88. The van der Waals surface area contributed by atoms with Crippen molar-refractivity contribution in [1.82, 2.24) is 0 Å². The van der Waals surface area contributed by atoms with E-state index in [1.54, 1.807) is 24.3 Å². The molecule has 0 aliphatic heterocycles. The van der Waals surface area contributed by atoms with Crippen LogP contribution in [-0.2, 0) is 24.2 Å². The van der Waals surface area contributed by atoms with Gasteiger partial charge >= 0.3 is 12.1 Å². The average molecular weight is 461 g/mol. The summed E-state index contributed by atoms with van der Waals surface area (Å²) < 4.78 is 69.3. The van der Waals surface area contributed by atoms with Gasteiger partial charge in [-0.2, -0.15) is 13.2 Å². The van der Waals surface area contributed by atoms with Gasteiger partial charge in [-0.05, 0) is 60.3 Å². The Balaban J connectivity index is 1.54. The van der Waals surface area contributed by atoms with Crippen LogP contribution in [0.3, 0.4) is 0 Å². The van der Waals surface area contributed by atoms with E-state index in [0.717, 1.165) is 17.2 Å². The van der Waals surface area contributed by atoms with E-state index in [4.69, 9.17) is 4.74 Å². The summed E-state index contributed by atoms with van der Waals surface area (Å²) in [5.74, 6) is -1.25. The average Bonchev–Trinajstić information content (AvgIpc) is 2.57. The lowest BCUT2D eigenvalue weighted by Gasteiger charge is -2.60. The SMILES string of the molecule is C=C(C(=O)OC12CC3CC(C1)CC(SS(=O)(=O)Cc1ccccc1)(C3)C2)C(F)(F)F. The molecule has 1 aromatic rings. The minimum absolute atomic E-state index is 0.104. The van der Waals surface area contributed by atoms with Gasteiger partial charge in [0, 0.05) is 11.2 Å². The van der Waals surface area contributed by atoms with Gasteiger partial charge in [-0.1, -0.05) is 36.9 Å². The molecule has 30 heavy (non-hydrogen) atoms. The maximum atomic E-state index is 12.9. The predicted octanol–water partition coefficient (Wildman–Crippen LogP) is 5.00. The number of benzene rings is 1. The molecule has 4 nitrogen and oxygen atoms in total. The summed E-state index contributed by atoms with van der Waals surface area (Å²) in [7, 11) is -2.58. The van der Waals surface area contributed by atoms with Crippen LogP contribution in [-0.4, -0.2) is 30.9 Å². The minimum Gasteiger partial charge on any atom is -0.455 e. The van der Waals surface area contributed by atoms with E-state index in [-0.39, 0.29) is 24.0 Å². The van der Waals surface area contributed by atoms with E-state index in [0.29, 0.717) is 31.2 Å². The normalized spacial score (nSPS) is 32.8. The number of hydrogen-bond acceptors (Lipinski definition) is 5. The van der Waals surface area contributed by atoms with Crippen LogP contribution < -0.4 is 0 Å². The molecule has 0 amide bonds. The lowest BCUT2D eigenvalue weighted by atomic mass is 9.53. The second kappa shape index (κ2) is 7.29. The fourth-order valence-electron chi connectivity index (χ4n) is 5.76. The summed E-state index contributed by atoms with van der Waals surface area (Å²) in [5.41, 5.74) is -1.86. The molecule has 4 saturated carbocycles. The second-order valence-corrected chi connectivity index (χ2v) is 13.4. The van der Waals surface area contributed by atoms with Gasteiger partial charge in [0.1, 0.15) is 11.2 Å². The van der Waals surface area contributed by atoms with E-state index in [1.807, 2.05) is 6.07 Å². The third-order valence-corrected chi connectivity index (χ3v) is 10.3. The van der Waals surface area contributed by atoms with Crippen molar-refractivity contribution in [3.63, 3.8) is 0 Å². The summed E-state index contributed by atoms with van der Waals surface area (Å²) in [4.78, 5) is 12.1. The molecule has 1 aromatic carbocycles. The zero-order chi connectivity index (χ0) is 21.8. The molecule has 4 bridgehead atoms. The highest BCUT2D eigenvalue weighted by atomic mass is 33.1. The lowest BCUT2D eigenvalue weighted by Crippen LogP contribution is -2.59. The van der Waals surface area contributed by atoms with Gasteiger partial charge in [-0.3, -0.25) is 0 Å². The van der Waals surface area contributed by atoms with Crippen molar-refractivity contribution in [2.45, 2.75) is 60.8 Å². The zero-order valence-corrected chi connectivity index (χ0v) is 17.9. The summed E-state index contributed by atoms with van der Waals surface area (Å²) in [6.45, 7) is 2.85. The molecular formula is C21H23F3O4S2. The standard InChI is InChI=1S/C21H23F3O4S2/c1-14(21(22,23)24)18(25)28-19-8-16-7-17(9-19)11-20(10-16,13-19)29-30(26,27)12-15-5-3-2-4-6-15/h2-6,16-17H,1,7-13H2. The maximum Gasteiger partial charge on any atom is 0.422 e. The summed E-state index contributed by atoms with van der Waals surface area (Å²) >= 11 is 0. The zero-order valence-electron chi connectivity index (χ0n) is 16.3. The van der Waals surface area contributed by atoms with E-state index in [1.165, 1.54) is 0 Å². The van der Waals surface area contributed by atoms with Crippen LogP contribution in [0.4, 0.5) is 13.2 Å². The van der Waals surface area contributed by atoms with Crippen LogP contribution in [0.1, 0.15) is 44.1 Å². The van der Waals surface area contributed by atoms with Crippen molar-refractivity contribution < 1.29 is 31.1 Å². The molecule has 0 spiro atoms. The molecule has 4 aliphatic rings. The molecule has 0 radical (unpaired) electrons. The van der Waals surface area contributed by atoms with Gasteiger partial charge in [0.25, 0.3) is 0 Å². The van der Waals surface area contributed by atoms with Crippen molar-refractivity contribution in [3.8, 4) is 0 Å². The Labute approximate surface area is 177 Å². The molecule has 4 aliphatic carbocycles. The minimum atomic E-state index is -4.84. The van der Waals surface area contributed by atoms with Gasteiger partial charge in [0.15, 0.2) is 0 Å². The Morgan fingerprint density at radius 2 is 1.73 bits per heavy atom. The molecule has 5 rings (SSSR count). The molecule has 0 aromatic heterocycles. The van der Waals surface area contributed by atoms with Gasteiger partial charge in [-0.15, -0.1) is 0 Å². The summed E-state index contributed by atoms with van der Waals surface area (Å²) in [5, 5.41) is 0. The first kappa shape index (κ1) is 21.7. The quantitative estimate of drug-likeness (QED) is 0.340. The number of carbonyl (C=O) groups is 1. The number of rotatable bonds is 6. The van der Waals surface area contributed by atoms with Gasteiger partial charge in [-0.25, -0.2) is 13.2 Å². The highest BCUT2D eigenvalue weighted by molar-refractivity contribution is 8.72. The molecular weight excluding hydrogens is 437 g/mol. The van der Waals surface area contributed by atoms with Crippen molar-refractivity contribution in [2.75, 3.05) is 0 Å². The molecule has 164 valence electrons. The van der Waals surface area contributed by atoms with Gasteiger partial charge in [0.2, 0.25) is 8.87 Å². The molecule has 9 heteroatoms. The Hall–Kier alpha value is -1.48. The molecule has 2 atom stereocenters. The lowest BCUT2D eigenvalue weighted by molar-refractivity contribution is -0.185. The first-order valence-electron chi connectivity index (χ1n) is 9.86. The van der Waals surface area contributed by atoms with Crippen molar-refractivity contribution in [1.29, 1.82) is 0 Å². The van der Waals surface area contributed by atoms with E-state index in [2.05, 4.69) is 6.58 Å². The van der Waals surface area contributed by atoms with Crippen LogP contribution in [0.5, 0.6) is 0 Å². The van der Waals surface area contributed by atoms with Crippen LogP contribution in [0, 0.1) is 11.8 Å². The maximum absolute atomic E-state index is 12.9. The molecule has 2 unspecified atom stereocenters. The van der Waals surface area contributed by atoms with Crippen LogP contribution >= 0.6 is 10.8 Å². The number of ether oxygens (including phenoxy) is 1. The fourth-order valence-corrected chi connectivity index (χ4v) is 10.7. The van der Waals surface area contributed by atoms with Crippen LogP contribution in [0.25, 0.3) is 0 Å². The first-order chi connectivity index (χ1) is 13.9. The molecule has 0 N–H and O–H groups in total. The predicted molar refractivity (Wildman–Crippen MR) is 108 cm³/mol. The third kappa shape index (κ3) is 4.42. The first-order valence-corrected chi connectivity index (χ1v) is 12.8. The number of alkyl halides is 3. The summed E-state index contributed by atoms with van der Waals surface area (Å²) in [6.07, 6.45) is -1.33. The Bertz CT molecular complexity index is 942. The van der Waals surface area contributed by atoms with Crippen molar-refractivity contribution in [3.05, 3.63) is 48.0 Å². The smallest absolute Gasteiger partial charge is 0.422 e. The molecule has 0 saturated heterocycles. The number of esters is 1. The number of hydrogen-bond donors (Lipinski definition) is 0. The molecule has 0 heterocycles. The topological polar surface area (TPSA) is 60.4 Å². The third-order valence-electron chi connectivity index (χ3n) is 6.34. The van der Waals surface area contributed by atoms with Gasteiger partial charge < -0.3 is 4.74 Å². The van der Waals surface area contributed by atoms with E-state index < -0.39 is 36.9 Å². The monoisotopic (exact) mass is 460 g/mol. The molecule has 4 fully saturated rings. The van der Waals surface area contributed by atoms with Crippen molar-refractivity contribution >= 4 is 25.6 Å². The van der Waals surface area contributed by atoms with Crippen LogP contribution in [0.15, 0.2) is 42.5 Å². The number of halogens is 3. The van der Waals surface area contributed by atoms with E-state index in [9.17, 15) is 26.4 Å². The highest BCUT2D eigenvalue weighted by Crippen LogP contribution is 2.64. The second-order valence-electron chi connectivity index (χ2n) is 8.96. The highest BCUT2D eigenvalue weighted by Gasteiger charge is 2.61. The Morgan fingerprint density at radius 3 is 2.30 bits per heavy atom.